The summed E-state index contributed by atoms with van der Waals surface area (Å²) in [6.07, 6.45) is 41.0. The minimum absolute atomic E-state index is 0.278. The number of aliphatic hydroxyl groups is 2. The molecule has 0 spiro atoms. The van der Waals surface area contributed by atoms with Crippen LogP contribution in [0.4, 0.5) is 0 Å². The average molecular weight is 714 g/mol. The van der Waals surface area contributed by atoms with Crippen molar-refractivity contribution >= 4 is 16.0 Å². The quantitative estimate of drug-likeness (QED) is 0.0289. The van der Waals surface area contributed by atoms with E-state index in [9.17, 15) is 28.0 Å². The summed E-state index contributed by atoms with van der Waals surface area (Å²) in [7, 11) is -4.45. The van der Waals surface area contributed by atoms with Crippen molar-refractivity contribution in [1.82, 2.24) is 5.32 Å². The number of aliphatic hydroxyl groups excluding tert-OH is 2. The minimum Gasteiger partial charge on any atom is -0.387 e. The van der Waals surface area contributed by atoms with E-state index in [1.165, 1.54) is 147 Å². The smallest absolute Gasteiger partial charge is 0.267 e. The van der Waals surface area contributed by atoms with Crippen LogP contribution in [0.5, 0.6) is 0 Å². The zero-order chi connectivity index (χ0) is 36.3. The van der Waals surface area contributed by atoms with Gasteiger partial charge in [0.1, 0.15) is 6.10 Å². The molecule has 1 amide bonds. The summed E-state index contributed by atoms with van der Waals surface area (Å²) in [5.74, 6) is -1.55. The Morgan fingerprint density at radius 1 is 0.551 bits per heavy atom. The monoisotopic (exact) mass is 714 g/mol. The molecule has 49 heavy (non-hydrogen) atoms. The van der Waals surface area contributed by atoms with E-state index in [1.54, 1.807) is 6.08 Å². The molecule has 290 valence electrons. The van der Waals surface area contributed by atoms with Gasteiger partial charge in [-0.3, -0.25) is 9.35 Å². The number of unbranched alkanes of at least 4 members (excludes halogenated alkanes) is 26. The molecule has 0 radical (unpaired) electrons. The van der Waals surface area contributed by atoms with Gasteiger partial charge in [-0.15, -0.1) is 0 Å². The van der Waals surface area contributed by atoms with Crippen molar-refractivity contribution in [3.63, 3.8) is 0 Å². The molecule has 0 saturated heterocycles. The van der Waals surface area contributed by atoms with Gasteiger partial charge in [-0.25, -0.2) is 0 Å². The number of amides is 1. The molecule has 0 aliphatic heterocycles. The first-order chi connectivity index (χ1) is 23.7. The third kappa shape index (κ3) is 35.0. The number of hydrogen-bond acceptors (Lipinski definition) is 5. The topological polar surface area (TPSA) is 124 Å². The summed E-state index contributed by atoms with van der Waals surface area (Å²) in [5, 5.41) is 23.3. The van der Waals surface area contributed by atoms with Crippen LogP contribution in [0.25, 0.3) is 0 Å². The van der Waals surface area contributed by atoms with Crippen molar-refractivity contribution < 1.29 is 28.0 Å². The summed E-state index contributed by atoms with van der Waals surface area (Å²) < 4.78 is 32.5. The molecular weight excluding hydrogens is 635 g/mol. The lowest BCUT2D eigenvalue weighted by molar-refractivity contribution is -0.130. The van der Waals surface area contributed by atoms with Gasteiger partial charge in [0.25, 0.3) is 10.1 Å². The van der Waals surface area contributed by atoms with Crippen LogP contribution in [0, 0.1) is 0 Å². The predicted octanol–water partition coefficient (Wildman–Crippen LogP) is 10.9. The number of nitrogens with one attached hydrogen (secondary N) is 1. The van der Waals surface area contributed by atoms with Gasteiger partial charge in [0.2, 0.25) is 5.91 Å². The molecular formula is C41H79NO6S. The summed E-state index contributed by atoms with van der Waals surface area (Å²) >= 11 is 0. The van der Waals surface area contributed by atoms with Crippen LogP contribution >= 0.6 is 0 Å². The van der Waals surface area contributed by atoms with Crippen molar-refractivity contribution in [2.75, 3.05) is 5.75 Å². The number of carbonyl (C=O) groups is 1. The van der Waals surface area contributed by atoms with Crippen molar-refractivity contribution in [3.05, 3.63) is 24.3 Å². The van der Waals surface area contributed by atoms with E-state index in [-0.39, 0.29) is 6.42 Å². The molecule has 7 nitrogen and oxygen atoms in total. The van der Waals surface area contributed by atoms with E-state index in [0.29, 0.717) is 12.8 Å². The summed E-state index contributed by atoms with van der Waals surface area (Å²) in [4.78, 5) is 12.6. The minimum atomic E-state index is -4.45. The van der Waals surface area contributed by atoms with Crippen LogP contribution in [0.2, 0.25) is 0 Å². The summed E-state index contributed by atoms with van der Waals surface area (Å²) in [5.41, 5.74) is 0. The third-order valence-electron chi connectivity index (χ3n) is 9.49. The lowest BCUT2D eigenvalue weighted by Crippen LogP contribution is -2.50. The Bertz CT molecular complexity index is 890. The number of hydrogen-bond donors (Lipinski definition) is 4. The van der Waals surface area contributed by atoms with Gasteiger partial charge in [0.05, 0.1) is 17.9 Å². The predicted molar refractivity (Wildman–Crippen MR) is 208 cm³/mol. The molecule has 3 atom stereocenters. The first-order valence-corrected chi connectivity index (χ1v) is 22.3. The Morgan fingerprint density at radius 3 is 1.35 bits per heavy atom. The van der Waals surface area contributed by atoms with Crippen molar-refractivity contribution in [2.24, 2.45) is 0 Å². The number of carbonyl (C=O) groups excluding carboxylic acids is 1. The van der Waals surface area contributed by atoms with Crippen LogP contribution in [0.15, 0.2) is 24.3 Å². The van der Waals surface area contributed by atoms with Gasteiger partial charge in [0.15, 0.2) is 0 Å². The molecule has 0 aromatic carbocycles. The SMILES string of the molecule is CCCCCCCCC/C=C/CC/C=C/C(O)C(CS(=O)(=O)O)NC(=O)C(O)CCCCCCCCCCCCCCCCCCCCC. The first kappa shape index (κ1) is 47.8. The standard InChI is InChI=1S/C41H79NO6S/c1-3-5-7-9-11-13-15-17-18-19-20-21-22-24-26-28-30-32-34-36-40(44)41(45)42-38(37-49(46,47)48)39(43)35-33-31-29-27-25-23-16-14-12-10-8-6-4-2/h25,27,33,35,38-40,43-44H,3-24,26,28-32,34,36-37H2,1-2H3,(H,42,45)(H,46,47,48)/b27-25+,35-33+. The lowest BCUT2D eigenvalue weighted by atomic mass is 10.0. The fourth-order valence-corrected chi connectivity index (χ4v) is 7.03. The molecule has 0 fully saturated rings. The second-order valence-corrected chi connectivity index (χ2v) is 15.9. The molecule has 0 rings (SSSR count). The highest BCUT2D eigenvalue weighted by molar-refractivity contribution is 7.85. The zero-order valence-electron chi connectivity index (χ0n) is 31.9. The van der Waals surface area contributed by atoms with Gasteiger partial charge in [-0.2, -0.15) is 8.42 Å². The van der Waals surface area contributed by atoms with Crippen LogP contribution in [0.3, 0.4) is 0 Å². The molecule has 0 saturated carbocycles. The fraction of sp³-hybridized carbons (Fsp3) is 0.878. The highest BCUT2D eigenvalue weighted by Gasteiger charge is 2.27. The third-order valence-corrected chi connectivity index (χ3v) is 10.3. The van der Waals surface area contributed by atoms with E-state index in [2.05, 4.69) is 31.3 Å². The largest absolute Gasteiger partial charge is 0.387 e. The molecule has 0 heterocycles. The zero-order valence-corrected chi connectivity index (χ0v) is 32.8. The molecule has 0 aliphatic carbocycles. The van der Waals surface area contributed by atoms with Gasteiger partial charge in [-0.05, 0) is 32.1 Å². The Hall–Kier alpha value is -1.22. The van der Waals surface area contributed by atoms with E-state index >= 15 is 0 Å². The van der Waals surface area contributed by atoms with Crippen LogP contribution in [-0.2, 0) is 14.9 Å². The molecule has 0 aromatic heterocycles. The van der Waals surface area contributed by atoms with E-state index in [0.717, 1.165) is 32.1 Å². The van der Waals surface area contributed by atoms with E-state index in [1.807, 2.05) is 0 Å². The van der Waals surface area contributed by atoms with Gasteiger partial charge in [-0.1, -0.05) is 199 Å². The fourth-order valence-electron chi connectivity index (χ4n) is 6.30. The Kier molecular flexibility index (Phi) is 34.3. The highest BCUT2D eigenvalue weighted by Crippen LogP contribution is 2.16. The van der Waals surface area contributed by atoms with Gasteiger partial charge >= 0.3 is 0 Å². The Balaban J connectivity index is 4.01. The maximum Gasteiger partial charge on any atom is 0.267 e. The van der Waals surface area contributed by atoms with Crippen LogP contribution in [0.1, 0.15) is 206 Å². The first-order valence-electron chi connectivity index (χ1n) is 20.6. The van der Waals surface area contributed by atoms with Crippen molar-refractivity contribution in [2.45, 2.75) is 225 Å². The summed E-state index contributed by atoms with van der Waals surface area (Å²) in [6, 6.07) is -1.24. The Morgan fingerprint density at radius 2 is 0.918 bits per heavy atom. The summed E-state index contributed by atoms with van der Waals surface area (Å²) in [6.45, 7) is 4.50. The molecule has 4 N–H and O–H groups in total. The lowest BCUT2D eigenvalue weighted by Gasteiger charge is -2.22. The molecule has 0 aromatic rings. The van der Waals surface area contributed by atoms with Crippen molar-refractivity contribution in [1.29, 1.82) is 0 Å². The maximum atomic E-state index is 12.6. The van der Waals surface area contributed by atoms with Crippen LogP contribution in [-0.4, -0.2) is 53.1 Å². The van der Waals surface area contributed by atoms with Crippen molar-refractivity contribution in [3.8, 4) is 0 Å². The average Bonchev–Trinajstić information content (AvgIpc) is 3.06. The number of allylic oxidation sites excluding steroid dienone is 3. The molecule has 0 bridgehead atoms. The molecule has 0 aliphatic rings. The van der Waals surface area contributed by atoms with Gasteiger partial charge in [0, 0.05) is 0 Å². The maximum absolute atomic E-state index is 12.6. The van der Waals surface area contributed by atoms with E-state index in [4.69, 9.17) is 0 Å². The van der Waals surface area contributed by atoms with E-state index < -0.39 is 40.0 Å². The van der Waals surface area contributed by atoms with Gasteiger partial charge < -0.3 is 15.5 Å². The highest BCUT2D eigenvalue weighted by atomic mass is 32.2. The Labute approximate surface area is 303 Å². The van der Waals surface area contributed by atoms with Crippen LogP contribution < -0.4 is 5.32 Å². The number of rotatable bonds is 37. The molecule has 3 unspecified atom stereocenters. The molecule has 8 heteroatoms. The second-order valence-electron chi connectivity index (χ2n) is 14.4. The normalized spacial score (nSPS) is 14.1. The second kappa shape index (κ2) is 35.2.